The summed E-state index contributed by atoms with van der Waals surface area (Å²) in [4.78, 5) is 10.5. The van der Waals surface area contributed by atoms with Crippen molar-refractivity contribution in [3.63, 3.8) is 0 Å². The van der Waals surface area contributed by atoms with Gasteiger partial charge in [0.05, 0.1) is 17.2 Å². The predicted octanol–water partition coefficient (Wildman–Crippen LogP) is 0.963. The molecule has 2 N–H and O–H groups in total. The van der Waals surface area contributed by atoms with Crippen molar-refractivity contribution in [2.45, 2.75) is 4.90 Å². The van der Waals surface area contributed by atoms with E-state index < -0.39 is 16.0 Å². The van der Waals surface area contributed by atoms with Crippen LogP contribution in [-0.4, -0.2) is 39.8 Å². The number of aromatic carboxylic acids is 1. The summed E-state index contributed by atoms with van der Waals surface area (Å²) in [7, 11) is -2.41. The Hall–Kier alpha value is -1.15. The molecule has 1 rings (SSSR count). The van der Waals surface area contributed by atoms with Crippen LogP contribution in [0.5, 0.6) is 0 Å². The van der Waals surface area contributed by atoms with E-state index in [2.05, 4.69) is 4.72 Å². The standard InChI is InChI=1S/C10H12ClNO5S/c1-17-5-4-12-18(15,16)9-6-7(10(13)14)2-3-8(9)11/h2-3,6,12H,4-5H2,1H3,(H,13,14). The van der Waals surface area contributed by atoms with Crippen LogP contribution in [0.3, 0.4) is 0 Å². The smallest absolute Gasteiger partial charge is 0.335 e. The number of carboxylic acid groups (broad SMARTS) is 1. The third kappa shape index (κ3) is 3.67. The maximum Gasteiger partial charge on any atom is 0.335 e. The zero-order valence-electron chi connectivity index (χ0n) is 9.51. The first-order valence-electron chi connectivity index (χ1n) is 4.90. The third-order valence-electron chi connectivity index (χ3n) is 2.07. The van der Waals surface area contributed by atoms with Gasteiger partial charge in [-0.3, -0.25) is 0 Å². The van der Waals surface area contributed by atoms with Gasteiger partial charge in [-0.05, 0) is 18.2 Å². The van der Waals surface area contributed by atoms with Gasteiger partial charge in [0.25, 0.3) is 0 Å². The zero-order valence-corrected chi connectivity index (χ0v) is 11.1. The molecule has 0 aliphatic carbocycles. The second kappa shape index (κ2) is 6.14. The van der Waals surface area contributed by atoms with Crippen LogP contribution in [0.15, 0.2) is 23.1 Å². The maximum absolute atomic E-state index is 11.9. The lowest BCUT2D eigenvalue weighted by molar-refractivity contribution is 0.0696. The largest absolute Gasteiger partial charge is 0.478 e. The minimum absolute atomic E-state index is 0.0371. The van der Waals surface area contributed by atoms with Crippen LogP contribution >= 0.6 is 11.6 Å². The van der Waals surface area contributed by atoms with Gasteiger partial charge in [0.2, 0.25) is 10.0 Å². The average molecular weight is 294 g/mol. The van der Waals surface area contributed by atoms with E-state index in [-0.39, 0.29) is 28.6 Å². The summed E-state index contributed by atoms with van der Waals surface area (Å²) in [6, 6.07) is 3.48. The predicted molar refractivity (Wildman–Crippen MR) is 65.5 cm³/mol. The Bertz CT molecular complexity index is 543. The normalized spacial score (nSPS) is 11.4. The van der Waals surface area contributed by atoms with Crippen molar-refractivity contribution in [2.24, 2.45) is 0 Å². The molecule has 0 aliphatic heterocycles. The molecule has 0 unspecified atom stereocenters. The van der Waals surface area contributed by atoms with E-state index >= 15 is 0 Å². The van der Waals surface area contributed by atoms with Crippen LogP contribution in [0.4, 0.5) is 0 Å². The monoisotopic (exact) mass is 293 g/mol. The van der Waals surface area contributed by atoms with Crippen molar-refractivity contribution in [3.8, 4) is 0 Å². The number of halogens is 1. The van der Waals surface area contributed by atoms with Gasteiger partial charge in [0.1, 0.15) is 4.90 Å². The lowest BCUT2D eigenvalue weighted by Crippen LogP contribution is -2.27. The molecule has 1 aromatic carbocycles. The van der Waals surface area contributed by atoms with E-state index in [1.54, 1.807) is 0 Å². The fourth-order valence-corrected chi connectivity index (χ4v) is 2.73. The quantitative estimate of drug-likeness (QED) is 0.762. The minimum Gasteiger partial charge on any atom is -0.478 e. The summed E-state index contributed by atoms with van der Waals surface area (Å²) < 4.78 is 30.7. The van der Waals surface area contributed by atoms with Gasteiger partial charge in [-0.2, -0.15) is 0 Å². The molecule has 1 aromatic rings. The molecule has 0 aromatic heterocycles. The molecule has 0 atom stereocenters. The van der Waals surface area contributed by atoms with Gasteiger partial charge >= 0.3 is 5.97 Å². The number of hydrogen-bond donors (Lipinski definition) is 2. The summed E-state index contributed by atoms with van der Waals surface area (Å²) >= 11 is 5.75. The minimum atomic E-state index is -3.84. The van der Waals surface area contributed by atoms with Crippen molar-refractivity contribution >= 4 is 27.6 Å². The second-order valence-corrected chi connectivity index (χ2v) is 5.48. The first-order valence-corrected chi connectivity index (χ1v) is 6.76. The molecule has 0 amide bonds. The molecule has 0 radical (unpaired) electrons. The molecule has 0 fully saturated rings. The Labute approximate surface area is 110 Å². The topological polar surface area (TPSA) is 92.7 Å². The molecule has 0 saturated carbocycles. The molecule has 0 bridgehead atoms. The van der Waals surface area contributed by atoms with E-state index in [4.69, 9.17) is 21.4 Å². The Morgan fingerprint density at radius 2 is 2.17 bits per heavy atom. The summed E-state index contributed by atoms with van der Waals surface area (Å²) in [6.07, 6.45) is 0. The summed E-state index contributed by atoms with van der Waals surface area (Å²) in [6.45, 7) is 0.280. The number of sulfonamides is 1. The molecule has 8 heteroatoms. The van der Waals surface area contributed by atoms with E-state index in [1.807, 2.05) is 0 Å². The number of benzene rings is 1. The zero-order chi connectivity index (χ0) is 13.8. The first-order chi connectivity index (χ1) is 8.38. The van der Waals surface area contributed by atoms with Crippen LogP contribution in [0.2, 0.25) is 5.02 Å². The van der Waals surface area contributed by atoms with Gasteiger partial charge in [-0.25, -0.2) is 17.9 Å². The summed E-state index contributed by atoms with van der Waals surface area (Å²) in [5, 5.41) is 8.76. The van der Waals surface area contributed by atoms with E-state index in [9.17, 15) is 13.2 Å². The Morgan fingerprint density at radius 3 is 2.72 bits per heavy atom. The number of methoxy groups -OCH3 is 1. The van der Waals surface area contributed by atoms with Crippen LogP contribution in [0.25, 0.3) is 0 Å². The van der Waals surface area contributed by atoms with Crippen molar-refractivity contribution < 1.29 is 23.1 Å². The fourth-order valence-electron chi connectivity index (χ4n) is 1.20. The van der Waals surface area contributed by atoms with E-state index in [0.29, 0.717) is 0 Å². The first kappa shape index (κ1) is 14.9. The van der Waals surface area contributed by atoms with Gasteiger partial charge in [-0.15, -0.1) is 0 Å². The van der Waals surface area contributed by atoms with Gasteiger partial charge in [0, 0.05) is 13.7 Å². The van der Waals surface area contributed by atoms with Crippen LogP contribution in [0, 0.1) is 0 Å². The highest BCUT2D eigenvalue weighted by molar-refractivity contribution is 7.89. The van der Waals surface area contributed by atoms with Crippen molar-refractivity contribution in [2.75, 3.05) is 20.3 Å². The second-order valence-electron chi connectivity index (χ2n) is 3.34. The highest BCUT2D eigenvalue weighted by Crippen LogP contribution is 2.22. The lowest BCUT2D eigenvalue weighted by atomic mass is 10.2. The van der Waals surface area contributed by atoms with Crippen molar-refractivity contribution in [1.82, 2.24) is 4.72 Å². The van der Waals surface area contributed by atoms with Gasteiger partial charge in [0.15, 0.2) is 0 Å². The molecule has 0 heterocycles. The third-order valence-corrected chi connectivity index (χ3v) is 4.01. The van der Waals surface area contributed by atoms with E-state index in [1.165, 1.54) is 19.2 Å². The summed E-state index contributed by atoms with van der Waals surface area (Å²) in [5.41, 5.74) is -0.147. The Kier molecular flexibility index (Phi) is 5.09. The lowest BCUT2D eigenvalue weighted by Gasteiger charge is -2.08. The number of hydrogen-bond acceptors (Lipinski definition) is 4. The molecule has 6 nitrogen and oxygen atoms in total. The number of rotatable bonds is 6. The maximum atomic E-state index is 11.9. The fraction of sp³-hybridized carbons (Fsp3) is 0.300. The molecule has 0 aliphatic rings. The number of ether oxygens (including phenoxy) is 1. The van der Waals surface area contributed by atoms with Crippen molar-refractivity contribution in [1.29, 1.82) is 0 Å². The molecular weight excluding hydrogens is 282 g/mol. The van der Waals surface area contributed by atoms with Crippen molar-refractivity contribution in [3.05, 3.63) is 28.8 Å². The SMILES string of the molecule is COCCNS(=O)(=O)c1cc(C(=O)O)ccc1Cl. The molecular formula is C10H12ClNO5S. The van der Waals surface area contributed by atoms with Crippen LogP contribution in [0.1, 0.15) is 10.4 Å². The highest BCUT2D eigenvalue weighted by Gasteiger charge is 2.19. The molecule has 100 valence electrons. The number of carbonyl (C=O) groups is 1. The van der Waals surface area contributed by atoms with Crippen LogP contribution < -0.4 is 4.72 Å². The number of nitrogens with one attached hydrogen (secondary N) is 1. The molecule has 0 spiro atoms. The van der Waals surface area contributed by atoms with E-state index in [0.717, 1.165) is 6.07 Å². The average Bonchev–Trinajstić information content (AvgIpc) is 2.29. The van der Waals surface area contributed by atoms with Gasteiger partial charge in [-0.1, -0.05) is 11.6 Å². The highest BCUT2D eigenvalue weighted by atomic mass is 35.5. The molecule has 18 heavy (non-hydrogen) atoms. The van der Waals surface area contributed by atoms with Crippen LogP contribution in [-0.2, 0) is 14.8 Å². The Morgan fingerprint density at radius 1 is 1.50 bits per heavy atom. The van der Waals surface area contributed by atoms with Gasteiger partial charge < -0.3 is 9.84 Å². The molecule has 0 saturated heterocycles. The Balaban J connectivity index is 3.07. The summed E-state index contributed by atoms with van der Waals surface area (Å²) in [5.74, 6) is -1.22. The number of carboxylic acids is 1.